The Morgan fingerprint density at radius 1 is 1.06 bits per heavy atom. The van der Waals surface area contributed by atoms with Crippen molar-refractivity contribution in [1.29, 1.82) is 0 Å². The molecule has 6 nitrogen and oxygen atoms in total. The number of amides is 2. The Kier molecular flexibility index (Phi) is 8.71. The monoisotopic (exact) mass is 426 g/mol. The molecule has 0 N–H and O–H groups in total. The number of ether oxygens (including phenoxy) is 1. The van der Waals surface area contributed by atoms with Gasteiger partial charge in [-0.3, -0.25) is 9.59 Å². The summed E-state index contributed by atoms with van der Waals surface area (Å²) in [6.07, 6.45) is 4.70. The molecule has 0 spiro atoms. The average molecular weight is 427 g/mol. The van der Waals surface area contributed by atoms with Gasteiger partial charge < -0.3 is 19.0 Å². The van der Waals surface area contributed by atoms with E-state index in [1.807, 2.05) is 42.5 Å². The molecular formula is C25H34N2O4. The predicted octanol–water partition coefficient (Wildman–Crippen LogP) is 3.90. The zero-order chi connectivity index (χ0) is 22.1. The van der Waals surface area contributed by atoms with Gasteiger partial charge in [-0.15, -0.1) is 0 Å². The van der Waals surface area contributed by atoms with Crippen molar-refractivity contribution in [1.82, 2.24) is 9.80 Å². The molecule has 0 saturated carbocycles. The summed E-state index contributed by atoms with van der Waals surface area (Å²) in [5.74, 6) is 0.962. The van der Waals surface area contributed by atoms with E-state index in [4.69, 9.17) is 9.15 Å². The summed E-state index contributed by atoms with van der Waals surface area (Å²) in [4.78, 5) is 29.7. The Labute approximate surface area is 185 Å². The first-order valence-electron chi connectivity index (χ1n) is 11.2. The first kappa shape index (κ1) is 23.1. The van der Waals surface area contributed by atoms with Crippen LogP contribution in [0.15, 0.2) is 53.1 Å². The number of carbonyl (C=O) groups is 2. The van der Waals surface area contributed by atoms with Crippen LogP contribution in [0, 0.1) is 5.92 Å². The maximum Gasteiger partial charge on any atom is 0.242 e. The second-order valence-electron chi connectivity index (χ2n) is 8.64. The zero-order valence-electron chi connectivity index (χ0n) is 18.7. The number of hydrogen-bond donors (Lipinski definition) is 0. The summed E-state index contributed by atoms with van der Waals surface area (Å²) < 4.78 is 11.2. The highest BCUT2D eigenvalue weighted by Crippen LogP contribution is 2.16. The quantitative estimate of drug-likeness (QED) is 0.547. The van der Waals surface area contributed by atoms with Crippen molar-refractivity contribution in [3.63, 3.8) is 0 Å². The molecule has 1 saturated heterocycles. The van der Waals surface area contributed by atoms with Gasteiger partial charge in [0.15, 0.2) is 0 Å². The molecular weight excluding hydrogens is 392 g/mol. The first-order valence-corrected chi connectivity index (χ1v) is 11.2. The minimum Gasteiger partial charge on any atom is -0.467 e. The van der Waals surface area contributed by atoms with Gasteiger partial charge in [0.25, 0.3) is 0 Å². The van der Waals surface area contributed by atoms with Crippen LogP contribution >= 0.6 is 0 Å². The largest absolute Gasteiger partial charge is 0.467 e. The van der Waals surface area contributed by atoms with Crippen LogP contribution in [0.4, 0.5) is 0 Å². The number of rotatable bonds is 11. The van der Waals surface area contributed by atoms with Crippen LogP contribution in [0.5, 0.6) is 0 Å². The highest BCUT2D eigenvalue weighted by Gasteiger charge is 2.26. The van der Waals surface area contributed by atoms with Crippen LogP contribution in [0.1, 0.15) is 44.4 Å². The molecule has 1 aliphatic rings. The van der Waals surface area contributed by atoms with Crippen molar-refractivity contribution in [2.45, 2.75) is 52.2 Å². The fourth-order valence-electron chi connectivity index (χ4n) is 3.89. The molecule has 0 radical (unpaired) electrons. The predicted molar refractivity (Wildman–Crippen MR) is 119 cm³/mol. The third-order valence-corrected chi connectivity index (χ3v) is 5.46. The third kappa shape index (κ3) is 7.55. The molecule has 2 amide bonds. The normalized spacial score (nSPS) is 15.9. The lowest BCUT2D eigenvalue weighted by Gasteiger charge is -2.29. The maximum atomic E-state index is 13.3. The van der Waals surface area contributed by atoms with Gasteiger partial charge in [-0.25, -0.2) is 0 Å². The molecule has 31 heavy (non-hydrogen) atoms. The molecule has 2 heterocycles. The van der Waals surface area contributed by atoms with Gasteiger partial charge in [0.05, 0.1) is 25.5 Å². The summed E-state index contributed by atoms with van der Waals surface area (Å²) in [5.41, 5.74) is 1.13. The molecule has 1 aromatic heterocycles. The van der Waals surface area contributed by atoms with E-state index in [2.05, 4.69) is 13.8 Å². The van der Waals surface area contributed by atoms with Crippen LogP contribution in [0.25, 0.3) is 0 Å². The number of nitrogens with zero attached hydrogens (tertiary/aromatic N) is 2. The van der Waals surface area contributed by atoms with Gasteiger partial charge in [0, 0.05) is 26.1 Å². The van der Waals surface area contributed by atoms with Gasteiger partial charge in [0.1, 0.15) is 5.76 Å². The molecule has 0 unspecified atom stereocenters. The van der Waals surface area contributed by atoms with Crippen LogP contribution in [-0.4, -0.2) is 54.0 Å². The van der Waals surface area contributed by atoms with Gasteiger partial charge in [0.2, 0.25) is 11.8 Å². The van der Waals surface area contributed by atoms with Crippen molar-refractivity contribution in [2.24, 2.45) is 5.92 Å². The van der Waals surface area contributed by atoms with E-state index < -0.39 is 0 Å². The fourth-order valence-corrected chi connectivity index (χ4v) is 3.89. The molecule has 1 aliphatic heterocycles. The summed E-state index contributed by atoms with van der Waals surface area (Å²) in [6, 6.07) is 13.7. The lowest BCUT2D eigenvalue weighted by Crippen LogP contribution is -2.46. The second-order valence-corrected chi connectivity index (χ2v) is 8.64. The minimum atomic E-state index is -0.0689. The highest BCUT2D eigenvalue weighted by molar-refractivity contribution is 5.85. The summed E-state index contributed by atoms with van der Waals surface area (Å²) in [5, 5.41) is 0. The van der Waals surface area contributed by atoms with Crippen LogP contribution in [-0.2, 0) is 27.3 Å². The van der Waals surface area contributed by atoms with E-state index in [1.165, 1.54) is 0 Å². The highest BCUT2D eigenvalue weighted by atomic mass is 16.5. The fraction of sp³-hybridized carbons (Fsp3) is 0.520. The molecule has 3 rings (SSSR count). The Morgan fingerprint density at radius 3 is 2.52 bits per heavy atom. The number of carbonyl (C=O) groups excluding carboxylic acids is 2. The van der Waals surface area contributed by atoms with E-state index in [1.54, 1.807) is 16.1 Å². The second kappa shape index (κ2) is 11.7. The number of aryl methyl sites for hydroxylation is 1. The maximum absolute atomic E-state index is 13.3. The lowest BCUT2D eigenvalue weighted by molar-refractivity contribution is -0.142. The Morgan fingerprint density at radius 2 is 1.87 bits per heavy atom. The van der Waals surface area contributed by atoms with Crippen molar-refractivity contribution in [3.8, 4) is 0 Å². The van der Waals surface area contributed by atoms with E-state index in [-0.39, 0.29) is 30.4 Å². The molecule has 0 aliphatic carbocycles. The van der Waals surface area contributed by atoms with Crippen LogP contribution in [0.3, 0.4) is 0 Å². The van der Waals surface area contributed by atoms with E-state index in [0.717, 1.165) is 30.8 Å². The molecule has 6 heteroatoms. The molecule has 0 bridgehead atoms. The van der Waals surface area contributed by atoms with Crippen molar-refractivity contribution in [2.75, 3.05) is 26.2 Å². The smallest absolute Gasteiger partial charge is 0.242 e. The van der Waals surface area contributed by atoms with Crippen molar-refractivity contribution in [3.05, 3.63) is 60.1 Å². The lowest BCUT2D eigenvalue weighted by atomic mass is 10.1. The Balaban J connectivity index is 1.64. The van der Waals surface area contributed by atoms with Crippen molar-refractivity contribution < 1.29 is 18.7 Å². The van der Waals surface area contributed by atoms with Gasteiger partial charge in [-0.1, -0.05) is 44.2 Å². The van der Waals surface area contributed by atoms with Crippen molar-refractivity contribution >= 4 is 11.8 Å². The molecule has 1 atom stereocenters. The van der Waals surface area contributed by atoms with Gasteiger partial charge >= 0.3 is 0 Å². The summed E-state index contributed by atoms with van der Waals surface area (Å²) in [7, 11) is 0. The number of benzene rings is 1. The molecule has 2 aromatic rings. The Hall–Kier alpha value is -2.60. The minimum absolute atomic E-state index is 0.0148. The SMILES string of the molecule is CC(C)CN(CC(=O)N(Cc1ccco1)C[C@H]1CCCO1)C(=O)CCc1ccccc1. The van der Waals surface area contributed by atoms with Crippen LogP contribution in [0.2, 0.25) is 0 Å². The molecule has 168 valence electrons. The Bertz CT molecular complexity index is 798. The van der Waals surface area contributed by atoms with Gasteiger partial charge in [-0.05, 0) is 42.9 Å². The number of hydrogen-bond acceptors (Lipinski definition) is 4. The topological polar surface area (TPSA) is 63.0 Å². The number of furan rings is 1. The molecule has 1 fully saturated rings. The van der Waals surface area contributed by atoms with E-state index in [9.17, 15) is 9.59 Å². The van der Waals surface area contributed by atoms with E-state index >= 15 is 0 Å². The standard InChI is InChI=1S/C25H34N2O4/c1-20(2)16-26(24(28)13-12-21-8-4-3-5-9-21)19-25(29)27(17-22-10-6-14-30-22)18-23-11-7-15-31-23/h3-6,8-10,14,20,23H,7,11-13,15-19H2,1-2H3/t23-/m1/s1. The zero-order valence-corrected chi connectivity index (χ0v) is 18.7. The summed E-state index contributed by atoms with van der Waals surface area (Å²) in [6.45, 7) is 6.43. The van der Waals surface area contributed by atoms with E-state index in [0.29, 0.717) is 32.5 Å². The first-order chi connectivity index (χ1) is 15.0. The third-order valence-electron chi connectivity index (χ3n) is 5.46. The summed E-state index contributed by atoms with van der Waals surface area (Å²) >= 11 is 0. The van der Waals surface area contributed by atoms with Gasteiger partial charge in [-0.2, -0.15) is 0 Å². The van der Waals surface area contributed by atoms with Crippen LogP contribution < -0.4 is 0 Å². The average Bonchev–Trinajstić information content (AvgIpc) is 3.46. The molecule has 1 aromatic carbocycles.